The molecule has 0 saturated heterocycles. The zero-order valence-electron chi connectivity index (χ0n) is 15.8. The van der Waals surface area contributed by atoms with Gasteiger partial charge in [-0.3, -0.25) is 0 Å². The molecule has 0 aliphatic rings. The summed E-state index contributed by atoms with van der Waals surface area (Å²) in [5.74, 6) is 0.214. The predicted molar refractivity (Wildman–Crippen MR) is 106 cm³/mol. The van der Waals surface area contributed by atoms with Crippen molar-refractivity contribution in [1.82, 2.24) is 10.2 Å². The van der Waals surface area contributed by atoms with Crippen molar-refractivity contribution in [3.8, 4) is 22.9 Å². The number of halogens is 3. The summed E-state index contributed by atoms with van der Waals surface area (Å²) in [4.78, 5) is 0. The molecule has 0 aliphatic carbocycles. The van der Waals surface area contributed by atoms with Crippen molar-refractivity contribution in [2.24, 2.45) is 0 Å². The molecule has 1 aromatic heterocycles. The maximum Gasteiger partial charge on any atom is 0.416 e. The van der Waals surface area contributed by atoms with E-state index in [4.69, 9.17) is 4.74 Å². The molecule has 0 atom stereocenters. The lowest BCUT2D eigenvalue weighted by atomic mass is 10.0. The molecule has 0 bridgehead atoms. The lowest BCUT2D eigenvalue weighted by molar-refractivity contribution is -0.137. The van der Waals surface area contributed by atoms with Crippen LogP contribution in [0, 0.1) is 13.8 Å². The Labute approximate surface area is 165 Å². The summed E-state index contributed by atoms with van der Waals surface area (Å²) in [6, 6.07) is 18.2. The topological polar surface area (TPSA) is 35.0 Å². The maximum atomic E-state index is 13.0. The largest absolute Gasteiger partial charge is 0.437 e. The number of rotatable bonds is 3. The van der Waals surface area contributed by atoms with Crippen LogP contribution >= 0.6 is 0 Å². The van der Waals surface area contributed by atoms with Crippen molar-refractivity contribution in [2.45, 2.75) is 20.0 Å². The van der Waals surface area contributed by atoms with Crippen molar-refractivity contribution in [1.29, 1.82) is 0 Å². The van der Waals surface area contributed by atoms with E-state index in [1.54, 1.807) is 0 Å². The van der Waals surface area contributed by atoms with Gasteiger partial charge >= 0.3 is 6.18 Å². The second-order valence-electron chi connectivity index (χ2n) is 6.83. The van der Waals surface area contributed by atoms with Crippen LogP contribution in [0.3, 0.4) is 0 Å². The second kappa shape index (κ2) is 7.20. The molecule has 0 N–H and O–H groups in total. The number of nitrogens with zero attached hydrogens (tertiary/aromatic N) is 2. The van der Waals surface area contributed by atoms with Crippen molar-refractivity contribution < 1.29 is 17.9 Å². The zero-order chi connectivity index (χ0) is 20.6. The van der Waals surface area contributed by atoms with Crippen LogP contribution in [0.2, 0.25) is 0 Å². The summed E-state index contributed by atoms with van der Waals surface area (Å²) in [5, 5.41) is 9.97. The van der Waals surface area contributed by atoms with Crippen LogP contribution in [0.15, 0.2) is 66.7 Å². The number of benzene rings is 3. The van der Waals surface area contributed by atoms with E-state index in [9.17, 15) is 13.2 Å². The number of hydrogen-bond acceptors (Lipinski definition) is 3. The highest BCUT2D eigenvalue weighted by Crippen LogP contribution is 2.36. The molecule has 6 heteroatoms. The molecular weight excluding hydrogens is 377 g/mol. The Kier molecular flexibility index (Phi) is 4.70. The summed E-state index contributed by atoms with van der Waals surface area (Å²) >= 11 is 0. The monoisotopic (exact) mass is 394 g/mol. The van der Waals surface area contributed by atoms with E-state index in [-0.39, 0.29) is 11.6 Å². The highest BCUT2D eigenvalue weighted by atomic mass is 19.4. The predicted octanol–water partition coefficient (Wildman–Crippen LogP) is 6.72. The SMILES string of the molecule is Cc1ccc(-c2nnc(Oc3cccc(C(F)(F)F)c3)c3ccccc23)cc1C. The molecule has 4 rings (SSSR count). The summed E-state index contributed by atoms with van der Waals surface area (Å²) in [6.07, 6.45) is -4.44. The van der Waals surface area contributed by atoms with E-state index in [0.717, 1.165) is 28.6 Å². The van der Waals surface area contributed by atoms with Crippen LogP contribution in [0.4, 0.5) is 13.2 Å². The minimum atomic E-state index is -4.44. The summed E-state index contributed by atoms with van der Waals surface area (Å²) in [6.45, 7) is 4.06. The normalized spacial score (nSPS) is 11.6. The molecule has 0 fully saturated rings. The lowest BCUT2D eigenvalue weighted by Gasteiger charge is -2.12. The van der Waals surface area contributed by atoms with Crippen LogP contribution in [0.1, 0.15) is 16.7 Å². The molecule has 0 spiro atoms. The summed E-state index contributed by atoms with van der Waals surface area (Å²) in [7, 11) is 0. The maximum absolute atomic E-state index is 13.0. The van der Waals surface area contributed by atoms with Gasteiger partial charge in [0.05, 0.1) is 5.56 Å². The number of alkyl halides is 3. The van der Waals surface area contributed by atoms with Gasteiger partial charge in [-0.05, 0) is 55.3 Å². The molecule has 29 heavy (non-hydrogen) atoms. The Balaban J connectivity index is 1.79. The van der Waals surface area contributed by atoms with Crippen LogP contribution in [-0.2, 0) is 6.18 Å². The van der Waals surface area contributed by atoms with Gasteiger partial charge in [0.2, 0.25) is 5.88 Å². The molecule has 0 radical (unpaired) electrons. The smallest absolute Gasteiger partial charge is 0.416 e. The molecule has 1 heterocycles. The molecule has 0 amide bonds. The van der Waals surface area contributed by atoms with Gasteiger partial charge in [0.15, 0.2) is 0 Å². The van der Waals surface area contributed by atoms with Crippen LogP contribution in [-0.4, -0.2) is 10.2 Å². The number of ether oxygens (including phenoxy) is 1. The average Bonchev–Trinajstić information content (AvgIpc) is 2.70. The first kappa shape index (κ1) is 18.9. The minimum absolute atomic E-state index is 0.0539. The highest BCUT2D eigenvalue weighted by molar-refractivity contribution is 5.97. The molecule has 3 aromatic carbocycles. The van der Waals surface area contributed by atoms with Gasteiger partial charge < -0.3 is 4.74 Å². The van der Waals surface area contributed by atoms with Crippen LogP contribution < -0.4 is 4.74 Å². The van der Waals surface area contributed by atoms with Crippen molar-refractivity contribution in [3.63, 3.8) is 0 Å². The van der Waals surface area contributed by atoms with Gasteiger partial charge in [-0.25, -0.2) is 0 Å². The number of aromatic nitrogens is 2. The molecule has 0 saturated carbocycles. The number of aryl methyl sites for hydroxylation is 2. The number of hydrogen-bond donors (Lipinski definition) is 0. The molecule has 3 nitrogen and oxygen atoms in total. The molecule has 0 unspecified atom stereocenters. The van der Waals surface area contributed by atoms with Gasteiger partial charge in [0.1, 0.15) is 11.4 Å². The van der Waals surface area contributed by atoms with E-state index in [1.807, 2.05) is 56.3 Å². The fourth-order valence-electron chi connectivity index (χ4n) is 3.10. The first-order valence-electron chi connectivity index (χ1n) is 9.01. The van der Waals surface area contributed by atoms with Gasteiger partial charge in [-0.15, -0.1) is 10.2 Å². The Bertz CT molecular complexity index is 1200. The molecule has 0 aliphatic heterocycles. The zero-order valence-corrected chi connectivity index (χ0v) is 15.8. The Morgan fingerprint density at radius 3 is 2.24 bits per heavy atom. The summed E-state index contributed by atoms with van der Waals surface area (Å²) < 4.78 is 44.6. The van der Waals surface area contributed by atoms with Gasteiger partial charge in [0, 0.05) is 16.3 Å². The van der Waals surface area contributed by atoms with E-state index >= 15 is 0 Å². The first-order chi connectivity index (χ1) is 13.8. The number of fused-ring (bicyclic) bond motifs is 1. The van der Waals surface area contributed by atoms with Crippen molar-refractivity contribution >= 4 is 10.8 Å². The van der Waals surface area contributed by atoms with Crippen molar-refractivity contribution in [3.05, 3.63) is 83.4 Å². The van der Waals surface area contributed by atoms with Gasteiger partial charge in [-0.1, -0.05) is 36.4 Å². The Hall–Kier alpha value is -3.41. The van der Waals surface area contributed by atoms with Crippen molar-refractivity contribution in [2.75, 3.05) is 0 Å². The third kappa shape index (κ3) is 3.78. The van der Waals surface area contributed by atoms with Gasteiger partial charge in [0.25, 0.3) is 0 Å². The third-order valence-corrected chi connectivity index (χ3v) is 4.81. The minimum Gasteiger partial charge on any atom is -0.437 e. The quantitative estimate of drug-likeness (QED) is 0.387. The third-order valence-electron chi connectivity index (χ3n) is 4.81. The lowest BCUT2D eigenvalue weighted by Crippen LogP contribution is -2.04. The van der Waals surface area contributed by atoms with Crippen LogP contribution in [0.5, 0.6) is 11.6 Å². The molecule has 146 valence electrons. The molecule has 4 aromatic rings. The highest BCUT2D eigenvalue weighted by Gasteiger charge is 2.30. The fraction of sp³-hybridized carbons (Fsp3) is 0.130. The molecular formula is C23H17F3N2O. The summed E-state index contributed by atoms with van der Waals surface area (Å²) in [5.41, 5.74) is 3.15. The Morgan fingerprint density at radius 1 is 0.759 bits per heavy atom. The van der Waals surface area contributed by atoms with E-state index in [1.165, 1.54) is 17.7 Å². The average molecular weight is 394 g/mol. The van der Waals surface area contributed by atoms with Crippen LogP contribution in [0.25, 0.3) is 22.0 Å². The van der Waals surface area contributed by atoms with E-state index < -0.39 is 11.7 Å². The Morgan fingerprint density at radius 2 is 1.52 bits per heavy atom. The van der Waals surface area contributed by atoms with Gasteiger partial charge in [-0.2, -0.15) is 13.2 Å². The standard InChI is InChI=1S/C23H17F3N2O/c1-14-10-11-16(12-15(14)2)21-19-8-3-4-9-20(19)22(28-27-21)29-18-7-5-6-17(13-18)23(24,25)26/h3-13H,1-2H3. The van der Waals surface area contributed by atoms with E-state index in [2.05, 4.69) is 10.2 Å². The fourth-order valence-corrected chi connectivity index (χ4v) is 3.10. The first-order valence-corrected chi connectivity index (χ1v) is 9.01. The van der Waals surface area contributed by atoms with E-state index in [0.29, 0.717) is 11.1 Å². The second-order valence-corrected chi connectivity index (χ2v) is 6.83.